The quantitative estimate of drug-likeness (QED) is 0.491. The molecule has 1 atom stereocenters. The number of carbonyl (C=O) groups is 1. The molecule has 6 heteroatoms. The van der Waals surface area contributed by atoms with Gasteiger partial charge in [0, 0.05) is 3.57 Å². The smallest absolute Gasteiger partial charge is 0.478 e. The number of carboxylic acids is 1. The van der Waals surface area contributed by atoms with E-state index in [1.807, 2.05) is 6.07 Å². The average Bonchev–Trinajstić information content (AvgIpc) is 2.03. The third-order valence-electron chi connectivity index (χ3n) is 1.07. The summed E-state index contributed by atoms with van der Waals surface area (Å²) in [6, 6.07) is 6.78. The first-order valence-corrected chi connectivity index (χ1v) is 6.43. The molecular weight excluding hydrogens is 313 g/mol. The van der Waals surface area contributed by atoms with E-state index >= 15 is 0 Å². The zero-order valence-electron chi connectivity index (χ0n) is 7.48. The van der Waals surface area contributed by atoms with E-state index in [0.29, 0.717) is 5.56 Å². The van der Waals surface area contributed by atoms with Gasteiger partial charge in [-0.15, -0.1) is 4.57 Å². The largest absolute Gasteiger partial charge is 0.502 e. The molecule has 0 saturated heterocycles. The Labute approximate surface area is 98.2 Å². The highest BCUT2D eigenvalue weighted by atomic mass is 127. The molecule has 72 valence electrons. The van der Waals surface area contributed by atoms with Crippen LogP contribution in [0, 0.1) is 3.57 Å². The summed E-state index contributed by atoms with van der Waals surface area (Å²) < 4.78 is 10.3. The van der Waals surface area contributed by atoms with Crippen molar-refractivity contribution in [3.8, 4) is 0 Å². The van der Waals surface area contributed by atoms with Crippen LogP contribution in [0.3, 0.4) is 0 Å². The molecular formula is C8H8BIO3P+. The first kappa shape index (κ1) is 13.6. The topological polar surface area (TPSA) is 54.4 Å². The molecule has 0 saturated carbocycles. The number of hydrogen-bond acceptors (Lipinski definition) is 2. The van der Waals surface area contributed by atoms with Crippen molar-refractivity contribution < 1.29 is 14.5 Å². The number of rotatable bonds is 1. The Hall–Kier alpha value is -0.415. The summed E-state index contributed by atoms with van der Waals surface area (Å²) in [6.07, 6.45) is 0. The molecule has 3 nitrogen and oxygen atoms in total. The minimum atomic E-state index is -1.37. The molecule has 0 fully saturated rings. The Morgan fingerprint density at radius 2 is 2.07 bits per heavy atom. The van der Waals surface area contributed by atoms with Crippen LogP contribution in [0.5, 0.6) is 0 Å². The molecule has 0 aliphatic rings. The van der Waals surface area contributed by atoms with Crippen LogP contribution in [0.25, 0.3) is 0 Å². The molecule has 2 radical (unpaired) electrons. The Balaban J connectivity index is 0.000000364. The maximum absolute atomic E-state index is 10.3. The van der Waals surface area contributed by atoms with Gasteiger partial charge in [0.2, 0.25) is 0 Å². The molecule has 1 aromatic carbocycles. The number of hydrogen-bond donors (Lipinski definition) is 1. The van der Waals surface area contributed by atoms with Gasteiger partial charge in [-0.1, -0.05) is 6.07 Å². The van der Waals surface area contributed by atoms with Crippen LogP contribution < -0.4 is 0 Å². The molecule has 14 heavy (non-hydrogen) atoms. The van der Waals surface area contributed by atoms with Gasteiger partial charge < -0.3 is 5.11 Å². The third-order valence-corrected chi connectivity index (χ3v) is 1.74. The molecule has 1 rings (SSSR count). The van der Waals surface area contributed by atoms with Gasteiger partial charge in [-0.05, 0) is 40.8 Å². The molecule has 0 aliphatic carbocycles. The summed E-state index contributed by atoms with van der Waals surface area (Å²) in [4.78, 5) is 10.3. The minimum absolute atomic E-state index is 0.340. The van der Waals surface area contributed by atoms with Gasteiger partial charge in [-0.25, -0.2) is 4.79 Å². The first-order chi connectivity index (χ1) is 6.43. The second kappa shape index (κ2) is 6.95. The maximum Gasteiger partial charge on any atom is 0.502 e. The second-order valence-corrected chi connectivity index (χ2v) is 4.70. The zero-order chi connectivity index (χ0) is 11.1. The van der Waals surface area contributed by atoms with E-state index in [1.165, 1.54) is 6.66 Å². The van der Waals surface area contributed by atoms with Crippen LogP contribution >= 0.6 is 30.3 Å². The highest BCUT2D eigenvalue weighted by Crippen LogP contribution is 2.06. The predicted octanol–water partition coefficient (Wildman–Crippen LogP) is 2.52. The second-order valence-electron chi connectivity index (χ2n) is 2.36. The summed E-state index contributed by atoms with van der Waals surface area (Å²) >= 11 is 2.08. The van der Waals surface area contributed by atoms with Gasteiger partial charge in [-0.2, -0.15) is 0 Å². The van der Waals surface area contributed by atoms with Gasteiger partial charge in [0.05, 0.1) is 5.56 Å². The summed E-state index contributed by atoms with van der Waals surface area (Å²) in [7, 11) is 3.25. The van der Waals surface area contributed by atoms with Crippen molar-refractivity contribution in [2.24, 2.45) is 0 Å². The van der Waals surface area contributed by atoms with Gasteiger partial charge in [0.25, 0.3) is 7.68 Å². The Bertz CT molecular complexity index is 339. The fraction of sp³-hybridized carbons (Fsp3) is 0.125. The van der Waals surface area contributed by atoms with Crippen molar-refractivity contribution in [2.45, 2.75) is 0 Å². The van der Waals surface area contributed by atoms with E-state index in [-0.39, 0.29) is 0 Å². The van der Waals surface area contributed by atoms with E-state index < -0.39 is 13.6 Å². The zero-order valence-corrected chi connectivity index (χ0v) is 10.5. The summed E-state index contributed by atoms with van der Waals surface area (Å²) in [5.74, 6) is -0.876. The van der Waals surface area contributed by atoms with E-state index in [2.05, 4.69) is 30.2 Å². The van der Waals surface area contributed by atoms with E-state index in [0.717, 1.165) is 3.57 Å². The highest BCUT2D eigenvalue weighted by molar-refractivity contribution is 14.1. The monoisotopic (exact) mass is 321 g/mol. The minimum Gasteiger partial charge on any atom is -0.478 e. The van der Waals surface area contributed by atoms with Gasteiger partial charge in [0.15, 0.2) is 0 Å². The summed E-state index contributed by atoms with van der Waals surface area (Å²) in [6.45, 7) is 1.45. The van der Waals surface area contributed by atoms with Crippen LogP contribution in [0.2, 0.25) is 0 Å². The lowest BCUT2D eigenvalue weighted by Gasteiger charge is -1.92. The SMILES string of the molecule is O=C(O)c1cccc(I)c1.[B][P+](C)=O. The number of halogens is 1. The predicted molar refractivity (Wildman–Crippen MR) is 65.4 cm³/mol. The standard InChI is InChI=1S/C7H5IO2.CH3BOP/c8-6-3-1-2-5(4-6)7(9)10;1-4(2)3/h1-4H,(H,9,10);1H3/q;+1. The first-order valence-electron chi connectivity index (χ1n) is 3.58. The van der Waals surface area contributed by atoms with E-state index in [4.69, 9.17) is 5.11 Å². The molecule has 0 amide bonds. The molecule has 0 bridgehead atoms. The molecule has 0 spiro atoms. The van der Waals surface area contributed by atoms with E-state index in [9.17, 15) is 9.36 Å². The Kier molecular flexibility index (Phi) is 6.75. The molecule has 1 unspecified atom stereocenters. The Morgan fingerprint density at radius 3 is 2.36 bits per heavy atom. The lowest BCUT2D eigenvalue weighted by Crippen LogP contribution is -1.95. The average molecular weight is 321 g/mol. The third kappa shape index (κ3) is 7.03. The van der Waals surface area contributed by atoms with Gasteiger partial charge >= 0.3 is 13.5 Å². The van der Waals surface area contributed by atoms with Crippen molar-refractivity contribution in [1.82, 2.24) is 0 Å². The van der Waals surface area contributed by atoms with Crippen LogP contribution in [0.1, 0.15) is 10.4 Å². The highest BCUT2D eigenvalue weighted by Gasteiger charge is 1.99. The van der Waals surface area contributed by atoms with Gasteiger partial charge in [-0.3, -0.25) is 0 Å². The molecule has 0 aromatic heterocycles. The van der Waals surface area contributed by atoms with Crippen molar-refractivity contribution in [3.05, 3.63) is 33.4 Å². The molecule has 1 N–H and O–H groups in total. The summed E-state index contributed by atoms with van der Waals surface area (Å²) in [5, 5.41) is 8.51. The van der Waals surface area contributed by atoms with Crippen LogP contribution in [0.4, 0.5) is 0 Å². The molecule has 1 aromatic rings. The molecule has 0 aliphatic heterocycles. The fourth-order valence-electron chi connectivity index (χ4n) is 0.622. The van der Waals surface area contributed by atoms with Crippen LogP contribution in [-0.2, 0) is 4.57 Å². The van der Waals surface area contributed by atoms with Gasteiger partial charge in [0.1, 0.15) is 6.66 Å². The number of aromatic carboxylic acids is 1. The Morgan fingerprint density at radius 1 is 1.57 bits per heavy atom. The van der Waals surface area contributed by atoms with Crippen molar-refractivity contribution in [3.63, 3.8) is 0 Å². The van der Waals surface area contributed by atoms with Crippen molar-refractivity contribution in [2.75, 3.05) is 6.66 Å². The maximum atomic E-state index is 10.3. The normalized spacial score (nSPS) is 9.71. The lowest BCUT2D eigenvalue weighted by molar-refractivity contribution is 0.0697. The molecule has 0 heterocycles. The number of carboxylic acid groups (broad SMARTS) is 1. The summed E-state index contributed by atoms with van der Waals surface area (Å²) in [5.41, 5.74) is 0.340. The fourth-order valence-corrected chi connectivity index (χ4v) is 1.16. The lowest BCUT2D eigenvalue weighted by atomic mass is 10.2. The van der Waals surface area contributed by atoms with Crippen molar-refractivity contribution >= 4 is 43.8 Å². The van der Waals surface area contributed by atoms with Crippen LogP contribution in [0.15, 0.2) is 24.3 Å². The van der Waals surface area contributed by atoms with Crippen molar-refractivity contribution in [1.29, 1.82) is 0 Å². The number of benzene rings is 1. The van der Waals surface area contributed by atoms with E-state index in [1.54, 1.807) is 18.2 Å². The van der Waals surface area contributed by atoms with Crippen LogP contribution in [-0.4, -0.2) is 25.3 Å².